The van der Waals surface area contributed by atoms with Crippen molar-refractivity contribution in [2.75, 3.05) is 26.6 Å². The lowest BCUT2D eigenvalue weighted by atomic mass is 10.1. The van der Waals surface area contributed by atoms with Crippen LogP contribution in [0.2, 0.25) is 0 Å². The number of benzene rings is 2. The van der Waals surface area contributed by atoms with Crippen molar-refractivity contribution in [1.82, 2.24) is 0 Å². The van der Waals surface area contributed by atoms with Crippen LogP contribution in [0.4, 0.5) is 5.69 Å². The van der Waals surface area contributed by atoms with Crippen molar-refractivity contribution < 1.29 is 19.0 Å². The van der Waals surface area contributed by atoms with Crippen molar-refractivity contribution in [2.24, 2.45) is 0 Å². The molecule has 0 radical (unpaired) electrons. The first-order valence-electron chi connectivity index (χ1n) is 7.23. The van der Waals surface area contributed by atoms with Crippen molar-refractivity contribution in [1.29, 1.82) is 0 Å². The topological polar surface area (TPSA) is 56.8 Å². The summed E-state index contributed by atoms with van der Waals surface area (Å²) in [7, 11) is 4.61. The van der Waals surface area contributed by atoms with E-state index >= 15 is 0 Å². The fourth-order valence-electron chi connectivity index (χ4n) is 2.34. The number of nitrogens with one attached hydrogen (secondary N) is 1. The van der Waals surface area contributed by atoms with Gasteiger partial charge in [-0.1, -0.05) is 24.3 Å². The van der Waals surface area contributed by atoms with Crippen LogP contribution in [-0.2, 0) is 11.2 Å². The van der Waals surface area contributed by atoms with Crippen molar-refractivity contribution in [3.05, 3.63) is 47.5 Å². The molecule has 0 fully saturated rings. The summed E-state index contributed by atoms with van der Waals surface area (Å²) < 4.78 is 15.8. The monoisotopic (exact) mass is 315 g/mol. The molecule has 122 valence electrons. The lowest BCUT2D eigenvalue weighted by molar-refractivity contribution is -0.115. The Morgan fingerprint density at radius 2 is 1.61 bits per heavy atom. The maximum atomic E-state index is 12.3. The van der Waals surface area contributed by atoms with Gasteiger partial charge in [0.15, 0.2) is 11.5 Å². The number of carbonyl (C=O) groups excluding carboxylic acids is 1. The summed E-state index contributed by atoms with van der Waals surface area (Å²) in [4.78, 5) is 12.3. The fraction of sp³-hybridized carbons (Fsp3) is 0.278. The van der Waals surface area contributed by atoms with Crippen molar-refractivity contribution in [3.63, 3.8) is 0 Å². The summed E-state index contributed by atoms with van der Waals surface area (Å²) in [5, 5.41) is 2.86. The summed E-state index contributed by atoms with van der Waals surface area (Å²) >= 11 is 0. The Morgan fingerprint density at radius 1 is 1.00 bits per heavy atom. The van der Waals surface area contributed by atoms with Gasteiger partial charge in [0, 0.05) is 17.8 Å². The van der Waals surface area contributed by atoms with Crippen LogP contribution >= 0.6 is 0 Å². The van der Waals surface area contributed by atoms with Gasteiger partial charge in [0.2, 0.25) is 11.7 Å². The number of carbonyl (C=O) groups is 1. The Bertz CT molecular complexity index is 672. The molecule has 0 heterocycles. The van der Waals surface area contributed by atoms with Gasteiger partial charge >= 0.3 is 0 Å². The SMILES string of the molecule is COc1cc(NC(=O)Cc2ccccc2C)cc(OC)c1OC. The standard InChI is InChI=1S/C18H21NO4/c1-12-7-5-6-8-13(12)9-17(20)19-14-10-15(21-2)18(23-4)16(11-14)22-3/h5-8,10-11H,9H2,1-4H3,(H,19,20). The highest BCUT2D eigenvalue weighted by Gasteiger charge is 2.14. The van der Waals surface area contributed by atoms with Gasteiger partial charge in [0.25, 0.3) is 0 Å². The third kappa shape index (κ3) is 3.94. The molecule has 0 atom stereocenters. The molecule has 0 aliphatic carbocycles. The van der Waals surface area contributed by atoms with Crippen LogP contribution in [0.3, 0.4) is 0 Å². The molecule has 0 aliphatic rings. The van der Waals surface area contributed by atoms with E-state index in [0.29, 0.717) is 29.4 Å². The molecule has 0 unspecified atom stereocenters. The molecular weight excluding hydrogens is 294 g/mol. The maximum absolute atomic E-state index is 12.3. The average molecular weight is 315 g/mol. The summed E-state index contributed by atoms with van der Waals surface area (Å²) in [6.45, 7) is 1.99. The van der Waals surface area contributed by atoms with Crippen molar-refractivity contribution in [2.45, 2.75) is 13.3 Å². The van der Waals surface area contributed by atoms with E-state index < -0.39 is 0 Å². The molecule has 0 bridgehead atoms. The number of hydrogen-bond donors (Lipinski definition) is 1. The number of hydrogen-bond acceptors (Lipinski definition) is 4. The zero-order valence-corrected chi connectivity index (χ0v) is 13.8. The number of rotatable bonds is 6. The van der Waals surface area contributed by atoms with Gasteiger partial charge in [-0.15, -0.1) is 0 Å². The number of methoxy groups -OCH3 is 3. The molecule has 1 N–H and O–H groups in total. The molecule has 0 saturated carbocycles. The Kier molecular flexibility index (Phi) is 5.46. The Balaban J connectivity index is 2.19. The molecule has 5 heteroatoms. The summed E-state index contributed by atoms with van der Waals surface area (Å²) in [6.07, 6.45) is 0.309. The molecule has 0 spiro atoms. The van der Waals surface area contributed by atoms with E-state index in [0.717, 1.165) is 11.1 Å². The molecule has 2 aromatic carbocycles. The normalized spacial score (nSPS) is 10.1. The first-order chi connectivity index (χ1) is 11.1. The highest BCUT2D eigenvalue weighted by Crippen LogP contribution is 2.39. The van der Waals surface area contributed by atoms with Gasteiger partial charge in [-0.25, -0.2) is 0 Å². The van der Waals surface area contributed by atoms with E-state index in [-0.39, 0.29) is 5.91 Å². The molecule has 2 rings (SSSR count). The van der Waals surface area contributed by atoms with Gasteiger partial charge < -0.3 is 19.5 Å². The van der Waals surface area contributed by atoms with Gasteiger partial charge in [0.1, 0.15) is 0 Å². The van der Waals surface area contributed by atoms with Crippen LogP contribution in [0.25, 0.3) is 0 Å². The van der Waals surface area contributed by atoms with Crippen LogP contribution in [-0.4, -0.2) is 27.2 Å². The molecule has 1 amide bonds. The average Bonchev–Trinajstić information content (AvgIpc) is 2.55. The summed E-state index contributed by atoms with van der Waals surface area (Å²) in [5.41, 5.74) is 2.68. The highest BCUT2D eigenvalue weighted by molar-refractivity contribution is 5.93. The second kappa shape index (κ2) is 7.54. The van der Waals surface area contributed by atoms with Crippen molar-refractivity contribution >= 4 is 11.6 Å². The van der Waals surface area contributed by atoms with E-state index in [9.17, 15) is 4.79 Å². The minimum atomic E-state index is -0.103. The number of anilines is 1. The Labute approximate surface area is 136 Å². The largest absolute Gasteiger partial charge is 0.493 e. The van der Waals surface area contributed by atoms with Crippen LogP contribution in [0.15, 0.2) is 36.4 Å². The van der Waals surface area contributed by atoms with Crippen molar-refractivity contribution in [3.8, 4) is 17.2 Å². The second-order valence-electron chi connectivity index (χ2n) is 5.07. The molecule has 0 aliphatic heterocycles. The lowest BCUT2D eigenvalue weighted by Gasteiger charge is -2.14. The zero-order chi connectivity index (χ0) is 16.8. The minimum Gasteiger partial charge on any atom is -0.493 e. The molecule has 0 saturated heterocycles. The third-order valence-electron chi connectivity index (χ3n) is 3.56. The number of ether oxygens (including phenoxy) is 3. The first-order valence-corrected chi connectivity index (χ1v) is 7.23. The van der Waals surface area contributed by atoms with Crippen LogP contribution in [0, 0.1) is 6.92 Å². The van der Waals surface area contributed by atoms with E-state index in [1.165, 1.54) is 21.3 Å². The molecule has 23 heavy (non-hydrogen) atoms. The second-order valence-corrected chi connectivity index (χ2v) is 5.07. The maximum Gasteiger partial charge on any atom is 0.228 e. The minimum absolute atomic E-state index is 0.103. The predicted octanol–water partition coefficient (Wildman–Crippen LogP) is 3.20. The highest BCUT2D eigenvalue weighted by atomic mass is 16.5. The van der Waals surface area contributed by atoms with Gasteiger partial charge in [-0.3, -0.25) is 4.79 Å². The summed E-state index contributed by atoms with van der Waals surface area (Å²) in [6, 6.07) is 11.2. The fourth-order valence-corrected chi connectivity index (χ4v) is 2.34. The van der Waals surface area contributed by atoms with E-state index in [1.54, 1.807) is 12.1 Å². The number of amides is 1. The van der Waals surface area contributed by atoms with Gasteiger partial charge in [0.05, 0.1) is 27.8 Å². The van der Waals surface area contributed by atoms with Crippen LogP contribution < -0.4 is 19.5 Å². The van der Waals surface area contributed by atoms with Gasteiger partial charge in [-0.05, 0) is 18.1 Å². The number of aryl methyl sites for hydroxylation is 1. The quantitative estimate of drug-likeness (QED) is 0.889. The Morgan fingerprint density at radius 3 is 2.13 bits per heavy atom. The molecular formula is C18H21NO4. The summed E-state index contributed by atoms with van der Waals surface area (Å²) in [5.74, 6) is 1.39. The molecule has 5 nitrogen and oxygen atoms in total. The third-order valence-corrected chi connectivity index (χ3v) is 3.56. The zero-order valence-electron chi connectivity index (χ0n) is 13.8. The van der Waals surface area contributed by atoms with Crippen LogP contribution in [0.5, 0.6) is 17.2 Å². The molecule has 0 aromatic heterocycles. The van der Waals surface area contributed by atoms with Gasteiger partial charge in [-0.2, -0.15) is 0 Å². The smallest absolute Gasteiger partial charge is 0.228 e. The predicted molar refractivity (Wildman–Crippen MR) is 89.6 cm³/mol. The van der Waals surface area contributed by atoms with E-state index in [1.807, 2.05) is 31.2 Å². The first kappa shape index (κ1) is 16.7. The van der Waals surface area contributed by atoms with Crippen LogP contribution in [0.1, 0.15) is 11.1 Å². The van der Waals surface area contributed by atoms with E-state index in [2.05, 4.69) is 5.32 Å². The molecule has 2 aromatic rings. The van der Waals surface area contributed by atoms with E-state index in [4.69, 9.17) is 14.2 Å². The lowest BCUT2D eigenvalue weighted by Crippen LogP contribution is -2.15. The Hall–Kier alpha value is -2.69.